The van der Waals surface area contributed by atoms with Crippen LogP contribution in [0.3, 0.4) is 0 Å². The van der Waals surface area contributed by atoms with Gasteiger partial charge in [0.2, 0.25) is 0 Å². The molecule has 3 aliphatic rings. The maximum atomic E-state index is 13.3. The van der Waals surface area contributed by atoms with E-state index in [1.807, 2.05) is 14.0 Å². The molecule has 10 nitrogen and oxygen atoms in total. The highest BCUT2D eigenvalue weighted by Gasteiger charge is 2.39. The van der Waals surface area contributed by atoms with Crippen molar-refractivity contribution in [1.29, 1.82) is 0 Å². The molecule has 0 aromatic heterocycles. The molecular formula is C28H59F3N8O2. The molecule has 41 heavy (non-hydrogen) atoms. The molecule has 0 aromatic rings. The molecule has 13 heteroatoms. The van der Waals surface area contributed by atoms with Gasteiger partial charge in [-0.05, 0) is 35.1 Å². The van der Waals surface area contributed by atoms with Gasteiger partial charge in [0.15, 0.2) is 6.10 Å². The van der Waals surface area contributed by atoms with Crippen molar-refractivity contribution in [3.63, 3.8) is 0 Å². The third kappa shape index (κ3) is 16.2. The maximum Gasteiger partial charge on any atom is 0.415 e. The van der Waals surface area contributed by atoms with Gasteiger partial charge in [-0.15, -0.1) is 0 Å². The summed E-state index contributed by atoms with van der Waals surface area (Å²) >= 11 is 0. The van der Waals surface area contributed by atoms with Crippen molar-refractivity contribution in [3.8, 4) is 0 Å². The Bertz CT molecular complexity index is 693. The first-order valence-corrected chi connectivity index (χ1v) is 15.4. The summed E-state index contributed by atoms with van der Waals surface area (Å²) in [6.07, 6.45) is -7.34. The lowest BCUT2D eigenvalue weighted by atomic mass is 10.2. The van der Waals surface area contributed by atoms with Crippen molar-refractivity contribution in [2.75, 3.05) is 159 Å². The Morgan fingerprint density at radius 1 is 0.488 bits per heavy atom. The highest BCUT2D eigenvalue weighted by molar-refractivity contribution is 4.76. The standard InChI is InChI=1S/C28H59F3N8O2/c1-26(40)24-38-18-12-34(4)10-17-37-15-9-33(3)7-6-32(2)8-14-36(20-22-38)16-11-35(5)13-19-39(23-21-37)25-27(41)28(29,30)31/h26-27,40-41H,6-25H2,1-5H3. The molecular weight excluding hydrogens is 537 g/mol. The second kappa shape index (κ2) is 18.9. The molecule has 2 N–H and O–H groups in total. The number of aliphatic hydroxyl groups excluding tert-OH is 2. The Kier molecular flexibility index (Phi) is 16.9. The lowest BCUT2D eigenvalue weighted by Gasteiger charge is -2.35. The Morgan fingerprint density at radius 2 is 0.756 bits per heavy atom. The minimum atomic E-state index is -4.62. The SMILES string of the molecule is CC(O)CN1CCN(C)CCN2CCN(C)CCN(C)CCN(CCN(C)CCN(CC(O)C(F)(F)F)CC2)CC1. The Balaban J connectivity index is 2.28. The number of hydrogen-bond acceptors (Lipinski definition) is 10. The zero-order chi connectivity index (χ0) is 30.4. The summed E-state index contributed by atoms with van der Waals surface area (Å²) in [5.41, 5.74) is 0. The van der Waals surface area contributed by atoms with Gasteiger partial charge in [0.1, 0.15) is 0 Å². The van der Waals surface area contributed by atoms with Crippen LogP contribution >= 0.6 is 0 Å². The van der Waals surface area contributed by atoms with Crippen LogP contribution in [-0.4, -0.2) is 227 Å². The highest BCUT2D eigenvalue weighted by Crippen LogP contribution is 2.20. The van der Waals surface area contributed by atoms with Crippen LogP contribution in [0.2, 0.25) is 0 Å². The molecule has 0 radical (unpaired) electrons. The molecule has 0 aromatic carbocycles. The Labute approximate surface area is 247 Å². The van der Waals surface area contributed by atoms with Gasteiger partial charge in [-0.25, -0.2) is 0 Å². The predicted octanol–water partition coefficient (Wildman–Crippen LogP) is -0.747. The summed E-state index contributed by atoms with van der Waals surface area (Å²) < 4.78 is 39.8. The van der Waals surface area contributed by atoms with Crippen molar-refractivity contribution in [3.05, 3.63) is 0 Å². The van der Waals surface area contributed by atoms with E-state index in [0.29, 0.717) is 32.7 Å². The quantitative estimate of drug-likeness (QED) is 0.434. The van der Waals surface area contributed by atoms with Crippen LogP contribution in [0, 0.1) is 0 Å². The summed E-state index contributed by atoms with van der Waals surface area (Å²) in [6, 6.07) is 0. The van der Waals surface area contributed by atoms with Crippen molar-refractivity contribution in [1.82, 2.24) is 39.2 Å². The fraction of sp³-hybridized carbons (Fsp3) is 1.00. The molecule has 2 bridgehead atoms. The molecule has 0 saturated carbocycles. The van der Waals surface area contributed by atoms with Gasteiger partial charge in [0.05, 0.1) is 6.10 Å². The van der Waals surface area contributed by atoms with Gasteiger partial charge < -0.3 is 29.8 Å². The number of halogens is 3. The van der Waals surface area contributed by atoms with E-state index >= 15 is 0 Å². The number of hydrogen-bond donors (Lipinski definition) is 2. The van der Waals surface area contributed by atoms with E-state index in [2.05, 4.69) is 55.4 Å². The van der Waals surface area contributed by atoms with Crippen LogP contribution in [-0.2, 0) is 0 Å². The van der Waals surface area contributed by atoms with Crippen molar-refractivity contribution < 1.29 is 23.4 Å². The first kappa shape index (κ1) is 36.6. The third-order valence-corrected chi connectivity index (χ3v) is 8.45. The molecule has 3 saturated heterocycles. The topological polar surface area (TPSA) is 66.4 Å². The number of nitrogens with zero attached hydrogens (tertiary/aromatic N) is 8. The van der Waals surface area contributed by atoms with Gasteiger partial charge in [-0.1, -0.05) is 0 Å². The third-order valence-electron chi connectivity index (χ3n) is 8.45. The van der Waals surface area contributed by atoms with E-state index in [1.165, 1.54) is 0 Å². The minimum absolute atomic E-state index is 0.381. The average molecular weight is 597 g/mol. The number of likely N-dealkylation sites (N-methyl/N-ethyl adjacent to an activating group) is 4. The summed E-state index contributed by atoms with van der Waals surface area (Å²) in [5, 5.41) is 20.0. The van der Waals surface area contributed by atoms with Gasteiger partial charge in [-0.3, -0.25) is 19.6 Å². The summed E-state index contributed by atoms with van der Waals surface area (Å²) in [5.74, 6) is 0. The molecule has 3 fully saturated rings. The maximum absolute atomic E-state index is 13.3. The van der Waals surface area contributed by atoms with Crippen LogP contribution in [0.15, 0.2) is 0 Å². The predicted molar refractivity (Wildman–Crippen MR) is 159 cm³/mol. The number of aliphatic hydroxyl groups is 2. The molecule has 244 valence electrons. The molecule has 0 amide bonds. The molecule has 4 unspecified atom stereocenters. The van der Waals surface area contributed by atoms with Crippen molar-refractivity contribution in [2.45, 2.75) is 25.3 Å². The van der Waals surface area contributed by atoms with Crippen molar-refractivity contribution >= 4 is 0 Å². The number of alkyl halides is 3. The molecule has 3 aliphatic heterocycles. The largest absolute Gasteiger partial charge is 0.415 e. The van der Waals surface area contributed by atoms with Crippen LogP contribution < -0.4 is 0 Å². The Morgan fingerprint density at radius 3 is 1.10 bits per heavy atom. The monoisotopic (exact) mass is 596 g/mol. The van der Waals surface area contributed by atoms with Gasteiger partial charge in [-0.2, -0.15) is 13.2 Å². The van der Waals surface area contributed by atoms with E-state index in [0.717, 1.165) is 91.6 Å². The van der Waals surface area contributed by atoms with Crippen LogP contribution in [0.1, 0.15) is 6.92 Å². The lowest BCUT2D eigenvalue weighted by molar-refractivity contribution is -0.208. The summed E-state index contributed by atoms with van der Waals surface area (Å²) in [6.45, 7) is 16.8. The van der Waals surface area contributed by atoms with Gasteiger partial charge in [0.25, 0.3) is 0 Å². The Hall–Kier alpha value is -0.610. The molecule has 4 atom stereocenters. The lowest BCUT2D eigenvalue weighted by Crippen LogP contribution is -2.49. The second-order valence-corrected chi connectivity index (χ2v) is 12.4. The number of fused-ring (bicyclic) bond motifs is 21. The van der Waals surface area contributed by atoms with E-state index in [9.17, 15) is 23.4 Å². The fourth-order valence-electron chi connectivity index (χ4n) is 5.21. The highest BCUT2D eigenvalue weighted by atomic mass is 19.4. The van der Waals surface area contributed by atoms with Crippen LogP contribution in [0.25, 0.3) is 0 Å². The normalized spacial score (nSPS) is 28.8. The molecule has 3 rings (SSSR count). The minimum Gasteiger partial charge on any atom is -0.392 e. The van der Waals surface area contributed by atoms with Gasteiger partial charge in [0, 0.05) is 131 Å². The first-order chi connectivity index (χ1) is 19.3. The average Bonchev–Trinajstić information content (AvgIpc) is 2.90. The van der Waals surface area contributed by atoms with E-state index in [4.69, 9.17) is 0 Å². The number of rotatable bonds is 4. The fourth-order valence-corrected chi connectivity index (χ4v) is 5.21. The zero-order valence-electron chi connectivity index (χ0n) is 26.4. The molecule has 0 aliphatic carbocycles. The first-order valence-electron chi connectivity index (χ1n) is 15.4. The van der Waals surface area contributed by atoms with E-state index < -0.39 is 18.8 Å². The molecule has 3 heterocycles. The van der Waals surface area contributed by atoms with E-state index in [1.54, 1.807) is 4.90 Å². The van der Waals surface area contributed by atoms with E-state index in [-0.39, 0.29) is 6.10 Å². The van der Waals surface area contributed by atoms with Crippen molar-refractivity contribution in [2.24, 2.45) is 0 Å². The van der Waals surface area contributed by atoms with Crippen LogP contribution in [0.4, 0.5) is 13.2 Å². The summed E-state index contributed by atoms with van der Waals surface area (Å²) in [4.78, 5) is 18.2. The van der Waals surface area contributed by atoms with Crippen LogP contribution in [0.5, 0.6) is 0 Å². The zero-order valence-corrected chi connectivity index (χ0v) is 26.4. The second-order valence-electron chi connectivity index (χ2n) is 12.4. The van der Waals surface area contributed by atoms with Gasteiger partial charge >= 0.3 is 6.18 Å². The summed E-state index contributed by atoms with van der Waals surface area (Å²) in [7, 11) is 8.46. The smallest absolute Gasteiger partial charge is 0.392 e. The molecule has 0 spiro atoms.